The van der Waals surface area contributed by atoms with Crippen LogP contribution in [0.15, 0.2) is 16.8 Å². The standard InChI is InChI=1S/C10H14N2O2S/c13-9(8-2-5-15-7-8)6-12-4-1-3-11-10(12)14/h2,5,7,9,13H,1,3-4,6H2,(H,11,14). The van der Waals surface area contributed by atoms with Crippen LogP contribution in [0.4, 0.5) is 4.79 Å². The van der Waals surface area contributed by atoms with Gasteiger partial charge in [-0.15, -0.1) is 0 Å². The van der Waals surface area contributed by atoms with Gasteiger partial charge >= 0.3 is 6.03 Å². The van der Waals surface area contributed by atoms with Crippen molar-refractivity contribution in [1.29, 1.82) is 0 Å². The van der Waals surface area contributed by atoms with Gasteiger partial charge in [0.25, 0.3) is 0 Å². The van der Waals surface area contributed by atoms with Crippen LogP contribution in [0.5, 0.6) is 0 Å². The number of aliphatic hydroxyl groups excluding tert-OH is 1. The molecule has 0 saturated carbocycles. The van der Waals surface area contributed by atoms with Crippen molar-refractivity contribution in [2.75, 3.05) is 19.6 Å². The first kappa shape index (κ1) is 10.4. The molecule has 0 aromatic carbocycles. The number of β-amino-alcohol motifs (C(OH)–C–C–N with tert-alkyl or cyclic N) is 1. The minimum absolute atomic E-state index is 0.0736. The number of amides is 2. The molecule has 1 atom stereocenters. The average Bonchev–Trinajstić information content (AvgIpc) is 2.74. The van der Waals surface area contributed by atoms with E-state index in [4.69, 9.17) is 0 Å². The Morgan fingerprint density at radius 2 is 2.53 bits per heavy atom. The molecule has 1 aliphatic heterocycles. The summed E-state index contributed by atoms with van der Waals surface area (Å²) in [4.78, 5) is 13.1. The van der Waals surface area contributed by atoms with Crippen LogP contribution < -0.4 is 5.32 Å². The van der Waals surface area contributed by atoms with E-state index in [9.17, 15) is 9.90 Å². The van der Waals surface area contributed by atoms with Gasteiger partial charge in [-0.2, -0.15) is 11.3 Å². The van der Waals surface area contributed by atoms with Gasteiger partial charge in [-0.1, -0.05) is 0 Å². The molecule has 0 bridgehead atoms. The molecular weight excluding hydrogens is 212 g/mol. The van der Waals surface area contributed by atoms with Crippen molar-refractivity contribution in [2.45, 2.75) is 12.5 Å². The van der Waals surface area contributed by atoms with Gasteiger partial charge in [0.05, 0.1) is 12.6 Å². The maximum Gasteiger partial charge on any atom is 0.317 e. The van der Waals surface area contributed by atoms with Gasteiger partial charge in [0.15, 0.2) is 0 Å². The molecule has 82 valence electrons. The summed E-state index contributed by atoms with van der Waals surface area (Å²) < 4.78 is 0. The largest absolute Gasteiger partial charge is 0.387 e. The second kappa shape index (κ2) is 4.63. The molecule has 1 unspecified atom stereocenters. The number of nitrogens with zero attached hydrogens (tertiary/aromatic N) is 1. The summed E-state index contributed by atoms with van der Waals surface area (Å²) >= 11 is 1.55. The van der Waals surface area contributed by atoms with Gasteiger partial charge in [0.2, 0.25) is 0 Å². The lowest BCUT2D eigenvalue weighted by molar-refractivity contribution is 0.115. The highest BCUT2D eigenvalue weighted by Gasteiger charge is 2.21. The topological polar surface area (TPSA) is 52.6 Å². The average molecular weight is 226 g/mol. The molecular formula is C10H14N2O2S. The molecule has 1 aromatic rings. The number of hydrogen-bond acceptors (Lipinski definition) is 3. The van der Waals surface area contributed by atoms with E-state index in [-0.39, 0.29) is 6.03 Å². The summed E-state index contributed by atoms with van der Waals surface area (Å²) in [5, 5.41) is 16.5. The second-order valence-electron chi connectivity index (χ2n) is 3.60. The highest BCUT2D eigenvalue weighted by atomic mass is 32.1. The smallest absolute Gasteiger partial charge is 0.317 e. The van der Waals surface area contributed by atoms with E-state index in [1.807, 2.05) is 16.8 Å². The van der Waals surface area contributed by atoms with Crippen molar-refractivity contribution in [3.05, 3.63) is 22.4 Å². The lowest BCUT2D eigenvalue weighted by Gasteiger charge is -2.29. The zero-order chi connectivity index (χ0) is 10.7. The molecule has 1 aromatic heterocycles. The van der Waals surface area contributed by atoms with Gasteiger partial charge in [0.1, 0.15) is 0 Å². The Balaban J connectivity index is 1.93. The first-order valence-corrected chi connectivity index (χ1v) is 5.94. The fourth-order valence-electron chi connectivity index (χ4n) is 1.63. The van der Waals surface area contributed by atoms with Gasteiger partial charge in [-0.3, -0.25) is 0 Å². The molecule has 2 amide bonds. The first-order chi connectivity index (χ1) is 7.27. The van der Waals surface area contributed by atoms with E-state index < -0.39 is 6.10 Å². The quantitative estimate of drug-likeness (QED) is 0.813. The van der Waals surface area contributed by atoms with Crippen LogP contribution in [0.25, 0.3) is 0 Å². The van der Waals surface area contributed by atoms with Crippen LogP contribution in [0.3, 0.4) is 0 Å². The molecule has 1 saturated heterocycles. The highest BCUT2D eigenvalue weighted by Crippen LogP contribution is 2.17. The molecule has 5 heteroatoms. The Bertz CT molecular complexity index is 326. The number of rotatable bonds is 3. The molecule has 15 heavy (non-hydrogen) atoms. The third-order valence-corrected chi connectivity index (χ3v) is 3.19. The maximum atomic E-state index is 11.4. The van der Waals surface area contributed by atoms with Gasteiger partial charge in [-0.05, 0) is 28.8 Å². The lowest BCUT2D eigenvalue weighted by Crippen LogP contribution is -2.47. The van der Waals surface area contributed by atoms with Crippen molar-refractivity contribution in [3.8, 4) is 0 Å². The molecule has 1 aliphatic rings. The molecule has 4 nitrogen and oxygen atoms in total. The Hall–Kier alpha value is -1.07. The highest BCUT2D eigenvalue weighted by molar-refractivity contribution is 7.07. The zero-order valence-corrected chi connectivity index (χ0v) is 9.17. The number of carbonyl (C=O) groups excluding carboxylic acids is 1. The Labute approximate surface area is 92.5 Å². The normalized spacial score (nSPS) is 18.7. The third-order valence-electron chi connectivity index (χ3n) is 2.49. The molecule has 0 spiro atoms. The van der Waals surface area contributed by atoms with Crippen molar-refractivity contribution in [3.63, 3.8) is 0 Å². The Kier molecular flexibility index (Phi) is 3.23. The van der Waals surface area contributed by atoms with Gasteiger partial charge < -0.3 is 15.3 Å². The summed E-state index contributed by atoms with van der Waals surface area (Å²) in [6, 6.07) is 1.81. The third kappa shape index (κ3) is 2.49. The molecule has 1 fully saturated rings. The van der Waals surface area contributed by atoms with Crippen LogP contribution in [-0.2, 0) is 0 Å². The minimum Gasteiger partial charge on any atom is -0.387 e. The first-order valence-electron chi connectivity index (χ1n) is 5.00. The van der Waals surface area contributed by atoms with Crippen LogP contribution >= 0.6 is 11.3 Å². The minimum atomic E-state index is -0.569. The van der Waals surface area contributed by atoms with Crippen LogP contribution in [0, 0.1) is 0 Å². The van der Waals surface area contributed by atoms with Crippen molar-refractivity contribution in [1.82, 2.24) is 10.2 Å². The van der Waals surface area contributed by atoms with Crippen LogP contribution in [0.2, 0.25) is 0 Å². The van der Waals surface area contributed by atoms with Crippen LogP contribution in [-0.4, -0.2) is 35.7 Å². The van der Waals surface area contributed by atoms with Gasteiger partial charge in [-0.25, -0.2) is 4.79 Å². The Morgan fingerprint density at radius 1 is 1.67 bits per heavy atom. The fourth-order valence-corrected chi connectivity index (χ4v) is 2.34. The summed E-state index contributed by atoms with van der Waals surface area (Å²) in [5.41, 5.74) is 0.887. The number of carbonyl (C=O) groups is 1. The van der Waals surface area contributed by atoms with E-state index in [0.29, 0.717) is 6.54 Å². The predicted octanol–water partition coefficient (Wildman–Crippen LogP) is 1.20. The predicted molar refractivity (Wildman–Crippen MR) is 58.9 cm³/mol. The van der Waals surface area contributed by atoms with Crippen LogP contribution in [0.1, 0.15) is 18.1 Å². The SMILES string of the molecule is O=C1NCCCN1CC(O)c1ccsc1. The number of hydrogen-bond donors (Lipinski definition) is 2. The molecule has 0 aliphatic carbocycles. The summed E-state index contributed by atoms with van der Waals surface area (Å²) in [6.45, 7) is 1.85. The summed E-state index contributed by atoms with van der Waals surface area (Å²) in [5.74, 6) is 0. The van der Waals surface area contributed by atoms with Gasteiger partial charge in [0, 0.05) is 13.1 Å². The Morgan fingerprint density at radius 3 is 3.20 bits per heavy atom. The number of nitrogens with one attached hydrogen (secondary N) is 1. The molecule has 0 radical (unpaired) electrons. The van der Waals surface area contributed by atoms with E-state index in [1.165, 1.54) is 0 Å². The van der Waals surface area contributed by atoms with E-state index in [1.54, 1.807) is 16.2 Å². The molecule has 2 N–H and O–H groups in total. The second-order valence-corrected chi connectivity index (χ2v) is 4.38. The number of urea groups is 1. The summed E-state index contributed by atoms with van der Waals surface area (Å²) in [7, 11) is 0. The molecule has 2 rings (SSSR count). The van der Waals surface area contributed by atoms with Crippen molar-refractivity contribution in [2.24, 2.45) is 0 Å². The van der Waals surface area contributed by atoms with E-state index >= 15 is 0 Å². The molecule has 2 heterocycles. The van der Waals surface area contributed by atoms with E-state index in [0.717, 1.165) is 25.1 Å². The maximum absolute atomic E-state index is 11.4. The van der Waals surface area contributed by atoms with E-state index in [2.05, 4.69) is 5.32 Å². The lowest BCUT2D eigenvalue weighted by atomic mass is 10.2. The van der Waals surface area contributed by atoms with Crippen molar-refractivity contribution >= 4 is 17.4 Å². The fraction of sp³-hybridized carbons (Fsp3) is 0.500. The number of aliphatic hydroxyl groups is 1. The zero-order valence-electron chi connectivity index (χ0n) is 8.35. The number of thiophene rings is 1. The summed E-state index contributed by atoms with van der Waals surface area (Å²) in [6.07, 6.45) is 0.377. The monoisotopic (exact) mass is 226 g/mol. The van der Waals surface area contributed by atoms with Crippen molar-refractivity contribution < 1.29 is 9.90 Å².